The normalized spacial score (nSPS) is 17.1. The fourth-order valence-corrected chi connectivity index (χ4v) is 4.24. The topological polar surface area (TPSA) is 77.2 Å². The quantitative estimate of drug-likeness (QED) is 0.417. The number of aliphatic imine (C=N–C) groups is 1. The molecule has 4 rings (SSSR count). The minimum absolute atomic E-state index is 0.201. The molecular formula is C23H32N6O2. The minimum Gasteiger partial charge on any atom is -0.364 e. The lowest BCUT2D eigenvalue weighted by molar-refractivity contribution is -0.118. The summed E-state index contributed by atoms with van der Waals surface area (Å²) in [6.07, 6.45) is 3.86. The number of anilines is 1. The van der Waals surface area contributed by atoms with Crippen LogP contribution in [0.4, 0.5) is 5.69 Å². The molecule has 1 saturated heterocycles. The molecule has 8 heteroatoms. The molecule has 3 heterocycles. The van der Waals surface area contributed by atoms with Crippen LogP contribution < -0.4 is 10.2 Å². The summed E-state index contributed by atoms with van der Waals surface area (Å²) in [7, 11) is 0. The lowest BCUT2D eigenvalue weighted by atomic mass is 10.2. The highest BCUT2D eigenvalue weighted by atomic mass is 16.5. The summed E-state index contributed by atoms with van der Waals surface area (Å²) in [5.41, 5.74) is 3.32. The van der Waals surface area contributed by atoms with E-state index >= 15 is 0 Å². The Morgan fingerprint density at radius 2 is 2.00 bits per heavy atom. The zero-order valence-corrected chi connectivity index (χ0v) is 18.3. The van der Waals surface area contributed by atoms with Crippen molar-refractivity contribution in [2.75, 3.05) is 50.7 Å². The predicted molar refractivity (Wildman–Crippen MR) is 121 cm³/mol. The molecule has 0 aliphatic carbocycles. The molecule has 1 fully saturated rings. The van der Waals surface area contributed by atoms with Gasteiger partial charge in [-0.2, -0.15) is 0 Å². The van der Waals surface area contributed by atoms with E-state index in [2.05, 4.69) is 33.3 Å². The van der Waals surface area contributed by atoms with Crippen molar-refractivity contribution in [3.63, 3.8) is 0 Å². The Bertz CT molecular complexity index is 874. The molecule has 31 heavy (non-hydrogen) atoms. The van der Waals surface area contributed by atoms with E-state index < -0.39 is 0 Å². The maximum absolute atomic E-state index is 12.7. The third-order valence-corrected chi connectivity index (χ3v) is 5.88. The van der Waals surface area contributed by atoms with Crippen LogP contribution in [-0.4, -0.2) is 72.6 Å². The Morgan fingerprint density at radius 3 is 2.77 bits per heavy atom. The number of nitrogens with one attached hydrogen (secondary N) is 1. The minimum atomic E-state index is 0.201. The smallest absolute Gasteiger partial charge is 0.227 e. The van der Waals surface area contributed by atoms with Gasteiger partial charge in [0.15, 0.2) is 5.96 Å². The van der Waals surface area contributed by atoms with Crippen LogP contribution in [0.2, 0.25) is 0 Å². The maximum atomic E-state index is 12.7. The molecule has 2 aliphatic rings. The third-order valence-electron chi connectivity index (χ3n) is 5.88. The fraction of sp³-hybridized carbons (Fsp3) is 0.522. The summed E-state index contributed by atoms with van der Waals surface area (Å²) >= 11 is 0. The van der Waals surface area contributed by atoms with Gasteiger partial charge in [-0.1, -0.05) is 23.4 Å². The number of nitrogens with zero attached hydrogens (tertiary/aromatic N) is 5. The highest BCUT2D eigenvalue weighted by Crippen LogP contribution is 2.28. The van der Waals surface area contributed by atoms with Crippen LogP contribution in [0.1, 0.15) is 31.0 Å². The van der Waals surface area contributed by atoms with Crippen LogP contribution >= 0.6 is 0 Å². The van der Waals surface area contributed by atoms with Crippen LogP contribution in [0.3, 0.4) is 0 Å². The maximum Gasteiger partial charge on any atom is 0.227 e. The van der Waals surface area contributed by atoms with Gasteiger partial charge in [0.25, 0.3) is 0 Å². The van der Waals surface area contributed by atoms with Crippen molar-refractivity contribution in [1.82, 2.24) is 20.3 Å². The van der Waals surface area contributed by atoms with Crippen LogP contribution in [0.15, 0.2) is 46.1 Å². The first-order valence-corrected chi connectivity index (χ1v) is 11.3. The summed E-state index contributed by atoms with van der Waals surface area (Å²) in [4.78, 5) is 24.1. The Morgan fingerprint density at radius 1 is 1.16 bits per heavy atom. The highest BCUT2D eigenvalue weighted by molar-refractivity contribution is 5.95. The zero-order valence-electron chi connectivity index (χ0n) is 18.3. The van der Waals surface area contributed by atoms with Crippen molar-refractivity contribution < 1.29 is 9.32 Å². The molecule has 1 N–H and O–H groups in total. The molecule has 2 aromatic rings. The number of guanidine groups is 1. The summed E-state index contributed by atoms with van der Waals surface area (Å²) < 4.78 is 4.93. The number of piperazine rings is 1. The van der Waals surface area contributed by atoms with Gasteiger partial charge in [-0.15, -0.1) is 0 Å². The lowest BCUT2D eigenvalue weighted by Crippen LogP contribution is -2.52. The second kappa shape index (κ2) is 10.4. The first-order valence-electron chi connectivity index (χ1n) is 11.3. The molecular weight excluding hydrogens is 392 g/mol. The molecule has 0 saturated carbocycles. The van der Waals surface area contributed by atoms with Gasteiger partial charge in [-0.25, -0.2) is 0 Å². The van der Waals surface area contributed by atoms with Crippen molar-refractivity contribution in [3.05, 3.63) is 47.9 Å². The Labute approximate surface area is 183 Å². The van der Waals surface area contributed by atoms with Crippen molar-refractivity contribution >= 4 is 17.6 Å². The van der Waals surface area contributed by atoms with E-state index in [1.807, 2.05) is 29.2 Å². The molecule has 0 unspecified atom stereocenters. The van der Waals surface area contributed by atoms with E-state index in [0.717, 1.165) is 76.0 Å². The Hall–Kier alpha value is -2.87. The molecule has 0 bridgehead atoms. The van der Waals surface area contributed by atoms with Gasteiger partial charge in [0.2, 0.25) is 5.91 Å². The van der Waals surface area contributed by atoms with Crippen LogP contribution in [0.5, 0.6) is 0 Å². The number of carbonyl (C=O) groups excluding carboxylic acids is 1. The van der Waals surface area contributed by atoms with Gasteiger partial charge in [0.05, 0.1) is 5.69 Å². The molecule has 1 amide bonds. The fourth-order valence-electron chi connectivity index (χ4n) is 4.24. The molecule has 1 aromatic carbocycles. The number of para-hydroxylation sites is 1. The van der Waals surface area contributed by atoms with Crippen molar-refractivity contribution in [2.45, 2.75) is 32.7 Å². The highest BCUT2D eigenvalue weighted by Gasteiger charge is 2.24. The standard InChI is InChI=1S/C23H32N6O2/c1-2-24-23(28-15-13-27(14-16-28)18-20-10-17-31-26-20)25-11-5-8-22(30)29-12-9-19-6-3-4-7-21(19)29/h3-4,6-7,10,17H,2,5,8-9,11-16,18H2,1H3,(H,24,25). The molecule has 0 atom stereocenters. The Balaban J connectivity index is 1.23. The molecule has 0 radical (unpaired) electrons. The van der Waals surface area contributed by atoms with Crippen LogP contribution in [0.25, 0.3) is 0 Å². The number of fused-ring (bicyclic) bond motifs is 1. The van der Waals surface area contributed by atoms with E-state index in [-0.39, 0.29) is 5.91 Å². The van der Waals surface area contributed by atoms with Crippen molar-refractivity contribution in [1.29, 1.82) is 0 Å². The molecule has 1 aromatic heterocycles. The first-order chi connectivity index (χ1) is 15.2. The number of benzene rings is 1. The van der Waals surface area contributed by atoms with E-state index in [4.69, 9.17) is 9.52 Å². The number of amides is 1. The second-order valence-corrected chi connectivity index (χ2v) is 8.02. The summed E-state index contributed by atoms with van der Waals surface area (Å²) in [5, 5.41) is 7.41. The average Bonchev–Trinajstić information content (AvgIpc) is 3.46. The van der Waals surface area contributed by atoms with Gasteiger partial charge in [-0.05, 0) is 31.4 Å². The third kappa shape index (κ3) is 5.44. The number of hydrogen-bond donors (Lipinski definition) is 1. The van der Waals surface area contributed by atoms with Crippen molar-refractivity contribution in [2.24, 2.45) is 4.99 Å². The van der Waals surface area contributed by atoms with Crippen molar-refractivity contribution in [3.8, 4) is 0 Å². The number of rotatable bonds is 7. The zero-order chi connectivity index (χ0) is 21.5. The summed E-state index contributed by atoms with van der Waals surface area (Å²) in [6.45, 7) is 8.96. The summed E-state index contributed by atoms with van der Waals surface area (Å²) in [5.74, 6) is 1.15. The second-order valence-electron chi connectivity index (χ2n) is 8.02. The van der Waals surface area contributed by atoms with Crippen LogP contribution in [0, 0.1) is 0 Å². The van der Waals surface area contributed by atoms with Gasteiger partial charge in [0.1, 0.15) is 6.26 Å². The largest absolute Gasteiger partial charge is 0.364 e. The summed E-state index contributed by atoms with van der Waals surface area (Å²) in [6, 6.07) is 10.1. The predicted octanol–water partition coefficient (Wildman–Crippen LogP) is 2.13. The average molecular weight is 425 g/mol. The lowest BCUT2D eigenvalue weighted by Gasteiger charge is -2.36. The van der Waals surface area contributed by atoms with Gasteiger partial charge in [-0.3, -0.25) is 14.7 Å². The van der Waals surface area contributed by atoms with Gasteiger partial charge >= 0.3 is 0 Å². The molecule has 2 aliphatic heterocycles. The number of aromatic nitrogens is 1. The molecule has 166 valence electrons. The van der Waals surface area contributed by atoms with E-state index in [1.54, 1.807) is 6.26 Å². The van der Waals surface area contributed by atoms with E-state index in [9.17, 15) is 4.79 Å². The van der Waals surface area contributed by atoms with Crippen LogP contribution in [-0.2, 0) is 17.8 Å². The molecule has 0 spiro atoms. The van der Waals surface area contributed by atoms with Gasteiger partial charge < -0.3 is 19.6 Å². The monoisotopic (exact) mass is 424 g/mol. The molecule has 8 nitrogen and oxygen atoms in total. The Kier molecular flexibility index (Phi) is 7.19. The number of hydrogen-bond acceptors (Lipinski definition) is 5. The SMILES string of the molecule is CCNC(=NCCCC(=O)N1CCc2ccccc21)N1CCN(Cc2ccon2)CC1. The first kappa shape index (κ1) is 21.4. The van der Waals surface area contributed by atoms with Gasteiger partial charge in [0, 0.05) is 70.5 Å². The van der Waals surface area contributed by atoms with E-state index in [0.29, 0.717) is 13.0 Å². The number of carbonyl (C=O) groups is 1. The van der Waals surface area contributed by atoms with E-state index in [1.165, 1.54) is 5.56 Å².